The number of rotatable bonds is 9. The Morgan fingerprint density at radius 3 is 2.71 bits per heavy atom. The van der Waals surface area contributed by atoms with Crippen LogP contribution in [0.3, 0.4) is 0 Å². The van der Waals surface area contributed by atoms with Crippen molar-refractivity contribution in [3.05, 3.63) is 65.5 Å². The molecule has 0 radical (unpaired) electrons. The zero-order valence-electron chi connectivity index (χ0n) is 16.8. The molecule has 2 rings (SSSR count). The summed E-state index contributed by atoms with van der Waals surface area (Å²) in [5, 5.41) is 0. The van der Waals surface area contributed by atoms with E-state index in [0.717, 1.165) is 28.9 Å². The summed E-state index contributed by atoms with van der Waals surface area (Å²) in [5.41, 5.74) is 9.59. The first kappa shape index (κ1) is 21.6. The Bertz CT molecular complexity index is 848. The van der Waals surface area contributed by atoms with Crippen molar-refractivity contribution < 1.29 is 18.7 Å². The van der Waals surface area contributed by atoms with Crippen LogP contribution in [-0.2, 0) is 9.53 Å². The molecule has 2 aromatic rings. The van der Waals surface area contributed by atoms with Gasteiger partial charge in [-0.05, 0) is 62.1 Å². The molecule has 0 heterocycles. The average molecular weight is 385 g/mol. The Balaban J connectivity index is 2.46. The maximum absolute atomic E-state index is 14.8. The van der Waals surface area contributed by atoms with Gasteiger partial charge in [0, 0.05) is 17.2 Å². The SMILES string of the molecule is C=CCCOc1cccc(C)c1-c1cc(C)c(F)c([C@@H](N)CC(=O)OCC)c1. The van der Waals surface area contributed by atoms with Gasteiger partial charge in [-0.2, -0.15) is 0 Å². The van der Waals surface area contributed by atoms with E-state index in [1.165, 1.54) is 0 Å². The molecule has 5 heteroatoms. The summed E-state index contributed by atoms with van der Waals surface area (Å²) in [6.45, 7) is 9.87. The van der Waals surface area contributed by atoms with Gasteiger partial charge < -0.3 is 15.2 Å². The highest BCUT2D eigenvalue weighted by atomic mass is 19.1. The van der Waals surface area contributed by atoms with Crippen LogP contribution in [0.4, 0.5) is 4.39 Å². The first-order valence-electron chi connectivity index (χ1n) is 9.43. The summed E-state index contributed by atoms with van der Waals surface area (Å²) >= 11 is 0. The van der Waals surface area contributed by atoms with Gasteiger partial charge in [0.25, 0.3) is 0 Å². The van der Waals surface area contributed by atoms with Crippen LogP contribution >= 0.6 is 0 Å². The summed E-state index contributed by atoms with van der Waals surface area (Å²) in [6, 6.07) is 8.49. The molecule has 0 fully saturated rings. The lowest BCUT2D eigenvalue weighted by molar-refractivity contribution is -0.143. The van der Waals surface area contributed by atoms with E-state index < -0.39 is 17.8 Å². The second kappa shape index (κ2) is 10.0. The number of carbonyl (C=O) groups is 1. The number of halogens is 1. The van der Waals surface area contributed by atoms with Crippen molar-refractivity contribution in [3.63, 3.8) is 0 Å². The summed E-state index contributed by atoms with van der Waals surface area (Å²) < 4.78 is 25.6. The fraction of sp³-hybridized carbons (Fsp3) is 0.348. The zero-order chi connectivity index (χ0) is 20.7. The van der Waals surface area contributed by atoms with Crippen LogP contribution in [0.2, 0.25) is 0 Å². The third kappa shape index (κ3) is 5.20. The number of aryl methyl sites for hydroxylation is 2. The maximum Gasteiger partial charge on any atom is 0.307 e. The number of ether oxygens (including phenoxy) is 2. The van der Waals surface area contributed by atoms with Crippen LogP contribution in [0.1, 0.15) is 42.5 Å². The predicted molar refractivity (Wildman–Crippen MR) is 110 cm³/mol. The minimum Gasteiger partial charge on any atom is -0.493 e. The first-order valence-corrected chi connectivity index (χ1v) is 9.43. The monoisotopic (exact) mass is 385 g/mol. The highest BCUT2D eigenvalue weighted by Gasteiger charge is 2.20. The molecule has 0 saturated carbocycles. The molecule has 2 N–H and O–H groups in total. The van der Waals surface area contributed by atoms with E-state index in [4.69, 9.17) is 15.2 Å². The standard InChI is InChI=1S/C23H28FNO3/c1-5-7-11-28-20-10-8-9-15(3)22(20)17-12-16(4)23(24)18(13-17)19(25)14-21(26)27-6-2/h5,8-10,12-13,19H,1,6-7,11,14,25H2,2-4H3/t19-/m0/s1. The summed E-state index contributed by atoms with van der Waals surface area (Å²) in [5.74, 6) is -0.122. The molecular formula is C23H28FNO3. The Morgan fingerprint density at radius 2 is 2.04 bits per heavy atom. The smallest absolute Gasteiger partial charge is 0.307 e. The van der Waals surface area contributed by atoms with Crippen molar-refractivity contribution in [2.75, 3.05) is 13.2 Å². The van der Waals surface area contributed by atoms with Gasteiger partial charge in [0.05, 0.1) is 19.6 Å². The molecule has 0 aliphatic carbocycles. The van der Waals surface area contributed by atoms with Gasteiger partial charge in [-0.25, -0.2) is 4.39 Å². The van der Waals surface area contributed by atoms with E-state index in [1.807, 2.05) is 25.1 Å². The highest BCUT2D eigenvalue weighted by molar-refractivity contribution is 5.76. The van der Waals surface area contributed by atoms with Gasteiger partial charge in [0.15, 0.2) is 0 Å². The van der Waals surface area contributed by atoms with Gasteiger partial charge >= 0.3 is 5.97 Å². The summed E-state index contributed by atoms with van der Waals surface area (Å²) in [7, 11) is 0. The predicted octanol–water partition coefficient (Wildman–Crippen LogP) is 5.02. The molecule has 28 heavy (non-hydrogen) atoms. The van der Waals surface area contributed by atoms with Crippen LogP contribution in [0.25, 0.3) is 11.1 Å². The number of nitrogens with two attached hydrogens (primary N) is 1. The Morgan fingerprint density at radius 1 is 1.29 bits per heavy atom. The van der Waals surface area contributed by atoms with E-state index >= 15 is 0 Å². The summed E-state index contributed by atoms with van der Waals surface area (Å²) in [6.07, 6.45) is 2.44. The third-order valence-electron chi connectivity index (χ3n) is 4.48. The van der Waals surface area contributed by atoms with Crippen LogP contribution in [0.15, 0.2) is 43.0 Å². The molecule has 2 aromatic carbocycles. The zero-order valence-corrected chi connectivity index (χ0v) is 16.8. The topological polar surface area (TPSA) is 61.5 Å². The van der Waals surface area contributed by atoms with Gasteiger partial charge in [-0.1, -0.05) is 18.2 Å². The van der Waals surface area contributed by atoms with Crippen molar-refractivity contribution in [2.45, 2.75) is 39.7 Å². The van der Waals surface area contributed by atoms with Gasteiger partial charge in [-0.3, -0.25) is 4.79 Å². The molecule has 0 unspecified atom stereocenters. The van der Waals surface area contributed by atoms with E-state index in [1.54, 1.807) is 32.1 Å². The molecule has 0 aliphatic rings. The fourth-order valence-electron chi connectivity index (χ4n) is 3.10. The van der Waals surface area contributed by atoms with E-state index in [9.17, 15) is 9.18 Å². The largest absolute Gasteiger partial charge is 0.493 e. The van der Waals surface area contributed by atoms with Gasteiger partial charge in [0.2, 0.25) is 0 Å². The molecule has 1 atom stereocenters. The van der Waals surface area contributed by atoms with Crippen LogP contribution in [-0.4, -0.2) is 19.2 Å². The number of hydrogen-bond donors (Lipinski definition) is 1. The van der Waals surface area contributed by atoms with Crippen molar-refractivity contribution in [3.8, 4) is 16.9 Å². The van der Waals surface area contributed by atoms with E-state index in [-0.39, 0.29) is 13.0 Å². The molecule has 0 bridgehead atoms. The molecule has 0 amide bonds. The van der Waals surface area contributed by atoms with E-state index in [0.29, 0.717) is 17.7 Å². The van der Waals surface area contributed by atoms with Gasteiger partial charge in [0.1, 0.15) is 11.6 Å². The van der Waals surface area contributed by atoms with Crippen LogP contribution in [0, 0.1) is 19.7 Å². The number of benzene rings is 2. The molecule has 0 spiro atoms. The molecule has 4 nitrogen and oxygen atoms in total. The van der Waals surface area contributed by atoms with Crippen molar-refractivity contribution >= 4 is 5.97 Å². The molecule has 0 aliphatic heterocycles. The second-order valence-electron chi connectivity index (χ2n) is 6.69. The second-order valence-corrected chi connectivity index (χ2v) is 6.69. The molecule has 0 aromatic heterocycles. The quantitative estimate of drug-likeness (QED) is 0.374. The van der Waals surface area contributed by atoms with Crippen molar-refractivity contribution in [1.82, 2.24) is 0 Å². The van der Waals surface area contributed by atoms with Crippen LogP contribution < -0.4 is 10.5 Å². The normalized spacial score (nSPS) is 11.8. The Kier molecular flexibility index (Phi) is 7.76. The lowest BCUT2D eigenvalue weighted by Gasteiger charge is -2.18. The molecule has 150 valence electrons. The van der Waals surface area contributed by atoms with Crippen molar-refractivity contribution in [2.24, 2.45) is 5.73 Å². The number of hydrogen-bond acceptors (Lipinski definition) is 4. The lowest BCUT2D eigenvalue weighted by atomic mass is 9.92. The van der Waals surface area contributed by atoms with Crippen LogP contribution in [0.5, 0.6) is 5.75 Å². The minimum atomic E-state index is -0.785. The molecular weight excluding hydrogens is 357 g/mol. The summed E-state index contributed by atoms with van der Waals surface area (Å²) in [4.78, 5) is 11.8. The first-order chi connectivity index (χ1) is 13.4. The van der Waals surface area contributed by atoms with Crippen molar-refractivity contribution in [1.29, 1.82) is 0 Å². The fourth-order valence-corrected chi connectivity index (χ4v) is 3.10. The lowest BCUT2D eigenvalue weighted by Crippen LogP contribution is -2.19. The number of carbonyl (C=O) groups excluding carboxylic acids is 1. The number of esters is 1. The molecule has 0 saturated heterocycles. The Hall–Kier alpha value is -2.66. The Labute approximate surface area is 166 Å². The highest BCUT2D eigenvalue weighted by Crippen LogP contribution is 2.36. The van der Waals surface area contributed by atoms with E-state index in [2.05, 4.69) is 6.58 Å². The minimum absolute atomic E-state index is 0.0792. The third-order valence-corrected chi connectivity index (χ3v) is 4.48. The maximum atomic E-state index is 14.8. The average Bonchev–Trinajstić information content (AvgIpc) is 2.64. The van der Waals surface area contributed by atoms with Gasteiger partial charge in [-0.15, -0.1) is 6.58 Å².